The van der Waals surface area contributed by atoms with E-state index in [9.17, 15) is 34.2 Å². The van der Waals surface area contributed by atoms with Gasteiger partial charge in [-0.3, -0.25) is 19.2 Å². The number of aliphatic hydroxyl groups excluding tert-OH is 1. The van der Waals surface area contributed by atoms with Gasteiger partial charge in [0.2, 0.25) is 0 Å². The van der Waals surface area contributed by atoms with Crippen molar-refractivity contribution in [2.24, 2.45) is 29.1 Å². The minimum absolute atomic E-state index is 0.122. The van der Waals surface area contributed by atoms with Gasteiger partial charge in [0.25, 0.3) is 0 Å². The number of benzene rings is 1. The molecule has 0 amide bonds. The van der Waals surface area contributed by atoms with Crippen LogP contribution in [0, 0.1) is 29.1 Å². The van der Waals surface area contributed by atoms with Crippen molar-refractivity contribution in [3.8, 4) is 0 Å². The molecule has 9 atom stereocenters. The van der Waals surface area contributed by atoms with Crippen molar-refractivity contribution >= 4 is 29.7 Å². The van der Waals surface area contributed by atoms with Crippen LogP contribution in [0.1, 0.15) is 72.2 Å². The van der Waals surface area contributed by atoms with Gasteiger partial charge in [-0.05, 0) is 24.5 Å². The smallest absolute Gasteiger partial charge is 0.338 e. The quantitative estimate of drug-likeness (QED) is 0.264. The number of aliphatic hydroxyl groups is 2. The number of hydrogen-bond donors (Lipinski definition) is 2. The zero-order valence-corrected chi connectivity index (χ0v) is 27.7. The van der Waals surface area contributed by atoms with Crippen LogP contribution in [0.5, 0.6) is 0 Å². The molecule has 1 aromatic carbocycles. The van der Waals surface area contributed by atoms with Crippen molar-refractivity contribution in [3.05, 3.63) is 60.2 Å². The molecule has 0 radical (unpaired) electrons. The maximum absolute atomic E-state index is 14.0. The van der Waals surface area contributed by atoms with E-state index in [-0.39, 0.29) is 17.6 Å². The first-order valence-corrected chi connectivity index (χ1v) is 15.5. The van der Waals surface area contributed by atoms with Gasteiger partial charge in [-0.15, -0.1) is 0 Å². The summed E-state index contributed by atoms with van der Waals surface area (Å²) in [5.74, 6) is -7.46. The van der Waals surface area contributed by atoms with Gasteiger partial charge in [0, 0.05) is 30.8 Å². The van der Waals surface area contributed by atoms with Crippen molar-refractivity contribution in [3.63, 3.8) is 0 Å². The number of esters is 4. The fraction of sp³-hybridized carbons (Fsp3) is 0.571. The van der Waals surface area contributed by atoms with Crippen molar-refractivity contribution < 1.29 is 53.1 Å². The topological polar surface area (TPSA) is 163 Å². The number of carbonyl (C=O) groups is 5. The van der Waals surface area contributed by atoms with Crippen molar-refractivity contribution in [2.75, 3.05) is 0 Å². The van der Waals surface area contributed by atoms with Gasteiger partial charge in [-0.2, -0.15) is 0 Å². The van der Waals surface area contributed by atoms with Crippen LogP contribution in [-0.2, 0) is 38.1 Å². The summed E-state index contributed by atoms with van der Waals surface area (Å²) in [5, 5.41) is 23.6. The predicted octanol–water partition coefficient (Wildman–Crippen LogP) is 3.75. The Morgan fingerprint density at radius 3 is 2.07 bits per heavy atom. The van der Waals surface area contributed by atoms with Crippen LogP contribution in [0.15, 0.2) is 54.6 Å². The van der Waals surface area contributed by atoms with E-state index in [0.717, 1.165) is 13.8 Å². The van der Waals surface area contributed by atoms with Gasteiger partial charge >= 0.3 is 23.9 Å². The summed E-state index contributed by atoms with van der Waals surface area (Å²) in [7, 11) is 0. The maximum atomic E-state index is 14.0. The first-order valence-electron chi connectivity index (χ1n) is 15.5. The monoisotopic (exact) mass is 642 g/mol. The zero-order chi connectivity index (χ0) is 34.7. The molecule has 2 aliphatic rings. The Labute approximate surface area is 269 Å². The standard InChI is InChI=1S/C35H46O11/c1-18(2)32(40)45-27-21(5)28(46-33(41)24-13-11-10-12-14-24)29(43-22(6)36)31(44-23(7)37)34(8,9)16-15-19(3)30(39)35(42)17-20(4)26(38)25(27)35/h10-16,18-20,25-29,31,38,42H,5,17H2,1-4,6-9H3. The van der Waals surface area contributed by atoms with E-state index in [2.05, 4.69) is 6.58 Å². The highest BCUT2D eigenvalue weighted by molar-refractivity contribution is 5.92. The van der Waals surface area contributed by atoms with E-state index in [1.165, 1.54) is 18.2 Å². The van der Waals surface area contributed by atoms with Gasteiger partial charge in [-0.25, -0.2) is 4.79 Å². The summed E-state index contributed by atoms with van der Waals surface area (Å²) in [5.41, 5.74) is -3.45. The average molecular weight is 643 g/mol. The van der Waals surface area contributed by atoms with E-state index in [4.69, 9.17) is 18.9 Å². The van der Waals surface area contributed by atoms with E-state index in [1.54, 1.807) is 65.8 Å². The highest BCUT2D eigenvalue weighted by atomic mass is 16.6. The van der Waals surface area contributed by atoms with Crippen LogP contribution in [0.4, 0.5) is 0 Å². The Hall–Kier alpha value is -3.83. The van der Waals surface area contributed by atoms with Gasteiger partial charge in [0.15, 0.2) is 24.1 Å². The SMILES string of the molecule is C=C1C(OC(=O)c2ccccc2)C(OC(C)=O)C(OC(C)=O)C(C)(C)C=CC(C)C(=O)C2(O)CC(C)C(O)C2C1OC(=O)C(C)C. The fourth-order valence-electron chi connectivity index (χ4n) is 6.26. The lowest BCUT2D eigenvalue weighted by Gasteiger charge is -2.43. The lowest BCUT2D eigenvalue weighted by molar-refractivity contribution is -0.185. The summed E-state index contributed by atoms with van der Waals surface area (Å²) in [6.07, 6.45) is -4.56. The molecule has 2 aliphatic carbocycles. The second kappa shape index (κ2) is 14.3. The van der Waals surface area contributed by atoms with Gasteiger partial charge in [0.05, 0.1) is 23.5 Å². The molecule has 0 aromatic heterocycles. The molecular weight excluding hydrogens is 596 g/mol. The summed E-state index contributed by atoms with van der Waals surface area (Å²) in [4.78, 5) is 66.0. The lowest BCUT2D eigenvalue weighted by Crippen LogP contribution is -2.57. The second-order valence-corrected chi connectivity index (χ2v) is 13.3. The van der Waals surface area contributed by atoms with Gasteiger partial charge in [-0.1, -0.05) is 78.5 Å². The number of hydrogen-bond acceptors (Lipinski definition) is 11. The van der Waals surface area contributed by atoms with E-state index >= 15 is 0 Å². The van der Waals surface area contributed by atoms with Crippen LogP contribution < -0.4 is 0 Å². The Balaban J connectivity index is 2.40. The summed E-state index contributed by atoms with van der Waals surface area (Å²) in [6, 6.07) is 7.91. The third kappa shape index (κ3) is 7.75. The molecular formula is C35H46O11. The van der Waals surface area contributed by atoms with Gasteiger partial charge < -0.3 is 29.2 Å². The second-order valence-electron chi connectivity index (χ2n) is 13.3. The average Bonchev–Trinajstić information content (AvgIpc) is 3.21. The molecule has 0 heterocycles. The molecule has 11 heteroatoms. The summed E-state index contributed by atoms with van der Waals surface area (Å²) in [6.45, 7) is 16.1. The minimum atomic E-state index is -2.20. The maximum Gasteiger partial charge on any atom is 0.338 e. The zero-order valence-electron chi connectivity index (χ0n) is 27.7. The molecule has 0 bridgehead atoms. The number of fused-ring (bicyclic) bond motifs is 1. The third-order valence-electron chi connectivity index (χ3n) is 8.73. The molecule has 0 saturated heterocycles. The summed E-state index contributed by atoms with van der Waals surface area (Å²) >= 11 is 0. The van der Waals surface area contributed by atoms with E-state index in [0.29, 0.717) is 0 Å². The lowest BCUT2D eigenvalue weighted by atomic mass is 9.72. The number of allylic oxidation sites excluding steroid dienone is 1. The minimum Gasteiger partial charge on any atom is -0.458 e. The molecule has 3 rings (SSSR count). The predicted molar refractivity (Wildman–Crippen MR) is 166 cm³/mol. The molecule has 252 valence electrons. The molecule has 1 aromatic rings. The Morgan fingerprint density at radius 1 is 0.935 bits per heavy atom. The number of carbonyl (C=O) groups excluding carboxylic acids is 5. The highest BCUT2D eigenvalue weighted by Crippen LogP contribution is 2.48. The third-order valence-corrected chi connectivity index (χ3v) is 8.73. The molecule has 1 fully saturated rings. The number of Topliss-reactive ketones (excluding diaryl/α,β-unsaturated/α-hetero) is 1. The number of rotatable bonds is 6. The number of ether oxygens (including phenoxy) is 4. The van der Waals surface area contributed by atoms with Crippen molar-refractivity contribution in [2.45, 2.75) is 97.9 Å². The molecule has 2 N–H and O–H groups in total. The fourth-order valence-corrected chi connectivity index (χ4v) is 6.26. The number of ketones is 1. The molecule has 9 unspecified atom stereocenters. The highest BCUT2D eigenvalue weighted by Gasteiger charge is 2.61. The Bertz CT molecular complexity index is 1360. The molecule has 11 nitrogen and oxygen atoms in total. The normalized spacial score (nSPS) is 32.8. The van der Waals surface area contributed by atoms with Crippen LogP contribution in [-0.4, -0.2) is 76.0 Å². The van der Waals surface area contributed by atoms with Crippen LogP contribution in [0.2, 0.25) is 0 Å². The Kier molecular flexibility index (Phi) is 11.4. The van der Waals surface area contributed by atoms with Crippen LogP contribution in [0.25, 0.3) is 0 Å². The van der Waals surface area contributed by atoms with Crippen molar-refractivity contribution in [1.82, 2.24) is 0 Å². The first kappa shape index (κ1) is 36.6. The largest absolute Gasteiger partial charge is 0.458 e. The van der Waals surface area contributed by atoms with E-state index < -0.39 is 94.9 Å². The van der Waals surface area contributed by atoms with Crippen molar-refractivity contribution in [1.29, 1.82) is 0 Å². The first-order chi connectivity index (χ1) is 21.3. The molecule has 46 heavy (non-hydrogen) atoms. The van der Waals surface area contributed by atoms with Crippen LogP contribution >= 0.6 is 0 Å². The van der Waals surface area contributed by atoms with E-state index in [1.807, 2.05) is 0 Å². The van der Waals surface area contributed by atoms with Gasteiger partial charge in [0.1, 0.15) is 11.7 Å². The van der Waals surface area contributed by atoms with Crippen LogP contribution in [0.3, 0.4) is 0 Å². The Morgan fingerprint density at radius 2 is 1.52 bits per heavy atom. The molecule has 1 saturated carbocycles. The molecule has 0 aliphatic heterocycles. The molecule has 0 spiro atoms. The summed E-state index contributed by atoms with van der Waals surface area (Å²) < 4.78 is 23.5.